The van der Waals surface area contributed by atoms with E-state index >= 15 is 0 Å². The molecule has 0 aliphatic carbocycles. The van der Waals surface area contributed by atoms with E-state index in [0.717, 1.165) is 44.0 Å². The summed E-state index contributed by atoms with van der Waals surface area (Å²) < 4.78 is 11.3. The van der Waals surface area contributed by atoms with Gasteiger partial charge in [-0.05, 0) is 24.6 Å². The quantitative estimate of drug-likeness (QED) is 0.445. The second kappa shape index (κ2) is 10.6. The molecule has 1 N–H and O–H groups in total. The molecular weight excluding hydrogens is 392 g/mol. The molecule has 0 radical (unpaired) electrons. The van der Waals surface area contributed by atoms with E-state index in [4.69, 9.17) is 9.47 Å². The Kier molecular flexibility index (Phi) is 7.15. The van der Waals surface area contributed by atoms with Gasteiger partial charge in [-0.2, -0.15) is 10.1 Å². The predicted molar refractivity (Wildman–Crippen MR) is 120 cm³/mol. The molecule has 3 heterocycles. The number of hydrogen-bond donors (Lipinski definition) is 1. The van der Waals surface area contributed by atoms with Gasteiger partial charge in [0.15, 0.2) is 11.6 Å². The van der Waals surface area contributed by atoms with E-state index in [1.165, 1.54) is 5.56 Å². The largest absolute Gasteiger partial charge is 0.476 e. The van der Waals surface area contributed by atoms with Crippen molar-refractivity contribution in [3.63, 3.8) is 0 Å². The maximum Gasteiger partial charge on any atom is 0.219 e. The Balaban J connectivity index is 1.47. The SMILES string of the molecule is Cc1cccc(C=NNc2cc(OCCN3CCOCC3)nc(-c3ccncc3)n2)c1. The van der Waals surface area contributed by atoms with E-state index in [-0.39, 0.29) is 0 Å². The number of anilines is 1. The molecule has 0 bridgehead atoms. The van der Waals surface area contributed by atoms with Crippen LogP contribution in [0, 0.1) is 6.92 Å². The van der Waals surface area contributed by atoms with Crippen molar-refractivity contribution in [2.24, 2.45) is 5.10 Å². The van der Waals surface area contributed by atoms with Crippen molar-refractivity contribution >= 4 is 12.0 Å². The molecule has 0 atom stereocenters. The fourth-order valence-electron chi connectivity index (χ4n) is 3.21. The van der Waals surface area contributed by atoms with E-state index in [1.807, 2.05) is 24.3 Å². The van der Waals surface area contributed by atoms with Crippen LogP contribution in [0.25, 0.3) is 11.4 Å². The maximum atomic E-state index is 5.95. The van der Waals surface area contributed by atoms with Crippen molar-refractivity contribution < 1.29 is 9.47 Å². The lowest BCUT2D eigenvalue weighted by Crippen LogP contribution is -2.38. The second-order valence-corrected chi connectivity index (χ2v) is 7.24. The van der Waals surface area contributed by atoms with E-state index in [9.17, 15) is 0 Å². The van der Waals surface area contributed by atoms with Crippen LogP contribution in [0.2, 0.25) is 0 Å². The molecule has 1 aliphatic rings. The van der Waals surface area contributed by atoms with Crippen LogP contribution < -0.4 is 10.2 Å². The van der Waals surface area contributed by atoms with E-state index < -0.39 is 0 Å². The highest BCUT2D eigenvalue weighted by Crippen LogP contribution is 2.21. The monoisotopic (exact) mass is 418 g/mol. The molecule has 1 aliphatic heterocycles. The minimum absolute atomic E-state index is 0.503. The predicted octanol–water partition coefficient (Wildman–Crippen LogP) is 3.00. The Morgan fingerprint density at radius 3 is 2.77 bits per heavy atom. The summed E-state index contributed by atoms with van der Waals surface area (Å²) >= 11 is 0. The molecule has 8 heteroatoms. The van der Waals surface area contributed by atoms with Gasteiger partial charge in [0.25, 0.3) is 0 Å². The van der Waals surface area contributed by atoms with Crippen molar-refractivity contribution in [1.29, 1.82) is 0 Å². The Morgan fingerprint density at radius 2 is 1.97 bits per heavy atom. The minimum atomic E-state index is 0.503. The van der Waals surface area contributed by atoms with Gasteiger partial charge >= 0.3 is 0 Å². The molecule has 31 heavy (non-hydrogen) atoms. The summed E-state index contributed by atoms with van der Waals surface area (Å²) in [5.74, 6) is 1.62. The van der Waals surface area contributed by atoms with Gasteiger partial charge in [-0.1, -0.05) is 29.8 Å². The van der Waals surface area contributed by atoms with Crippen molar-refractivity contribution in [2.45, 2.75) is 6.92 Å². The fraction of sp³-hybridized carbons (Fsp3) is 0.304. The molecule has 0 amide bonds. The Labute approximate surface area is 182 Å². The van der Waals surface area contributed by atoms with Crippen LogP contribution in [-0.4, -0.2) is 65.5 Å². The molecule has 2 aromatic heterocycles. The highest BCUT2D eigenvalue weighted by atomic mass is 16.5. The first-order chi connectivity index (χ1) is 15.3. The smallest absolute Gasteiger partial charge is 0.219 e. The van der Waals surface area contributed by atoms with E-state index in [2.05, 4.69) is 49.4 Å². The molecule has 8 nitrogen and oxygen atoms in total. The molecule has 0 saturated carbocycles. The standard InChI is InChI=1S/C23H26N6O2/c1-18-3-2-4-19(15-18)17-25-28-21-16-22(31-14-11-29-9-12-30-13-10-29)27-23(26-21)20-5-7-24-8-6-20/h2-8,15-17H,9-14H2,1H3,(H,26,27,28). The lowest BCUT2D eigenvalue weighted by Gasteiger charge is -2.26. The van der Waals surface area contributed by atoms with E-state index in [1.54, 1.807) is 24.7 Å². The number of hydrazone groups is 1. The third-order valence-electron chi connectivity index (χ3n) is 4.84. The van der Waals surface area contributed by atoms with Crippen LogP contribution in [0.5, 0.6) is 5.88 Å². The van der Waals surface area contributed by atoms with Crippen LogP contribution in [0.4, 0.5) is 5.82 Å². The third-order valence-corrected chi connectivity index (χ3v) is 4.84. The van der Waals surface area contributed by atoms with Crippen LogP contribution >= 0.6 is 0 Å². The molecule has 3 aromatic rings. The lowest BCUT2D eigenvalue weighted by atomic mass is 10.2. The van der Waals surface area contributed by atoms with Gasteiger partial charge in [0.1, 0.15) is 6.61 Å². The van der Waals surface area contributed by atoms with E-state index in [0.29, 0.717) is 24.1 Å². The van der Waals surface area contributed by atoms with Crippen molar-refractivity contribution in [3.05, 3.63) is 66.0 Å². The summed E-state index contributed by atoms with van der Waals surface area (Å²) in [7, 11) is 0. The Morgan fingerprint density at radius 1 is 1.13 bits per heavy atom. The van der Waals surface area contributed by atoms with Gasteiger partial charge < -0.3 is 9.47 Å². The lowest BCUT2D eigenvalue weighted by molar-refractivity contribution is 0.0320. The van der Waals surface area contributed by atoms with Crippen molar-refractivity contribution in [2.75, 3.05) is 44.9 Å². The zero-order valence-electron chi connectivity index (χ0n) is 17.6. The number of pyridine rings is 1. The average molecular weight is 419 g/mol. The van der Waals surface area contributed by atoms with Gasteiger partial charge in [-0.15, -0.1) is 0 Å². The first-order valence-electron chi connectivity index (χ1n) is 10.3. The minimum Gasteiger partial charge on any atom is -0.476 e. The highest BCUT2D eigenvalue weighted by Gasteiger charge is 2.11. The fourth-order valence-corrected chi connectivity index (χ4v) is 3.21. The summed E-state index contributed by atoms with van der Waals surface area (Å²) in [5.41, 5.74) is 6.05. The van der Waals surface area contributed by atoms with Crippen LogP contribution in [0.3, 0.4) is 0 Å². The number of ether oxygens (including phenoxy) is 2. The van der Waals surface area contributed by atoms with Crippen LogP contribution in [-0.2, 0) is 4.74 Å². The zero-order chi connectivity index (χ0) is 21.3. The van der Waals surface area contributed by atoms with Crippen molar-refractivity contribution in [1.82, 2.24) is 19.9 Å². The molecule has 4 rings (SSSR count). The molecule has 1 saturated heterocycles. The molecule has 0 spiro atoms. The average Bonchev–Trinajstić information content (AvgIpc) is 2.80. The van der Waals surface area contributed by atoms with Gasteiger partial charge in [0.05, 0.1) is 19.4 Å². The number of benzene rings is 1. The number of hydrogen-bond acceptors (Lipinski definition) is 8. The third kappa shape index (κ3) is 6.31. The first kappa shape index (κ1) is 20.9. The van der Waals surface area contributed by atoms with Crippen molar-refractivity contribution in [3.8, 4) is 17.3 Å². The highest BCUT2D eigenvalue weighted by molar-refractivity contribution is 5.80. The Bertz CT molecular complexity index is 1010. The summed E-state index contributed by atoms with van der Waals surface area (Å²) in [6, 6.07) is 13.6. The topological polar surface area (TPSA) is 84.8 Å². The Hall–Kier alpha value is -3.36. The summed E-state index contributed by atoms with van der Waals surface area (Å²) in [6.45, 7) is 6.81. The number of rotatable bonds is 8. The number of aromatic nitrogens is 3. The van der Waals surface area contributed by atoms with Gasteiger partial charge in [0.2, 0.25) is 5.88 Å². The van der Waals surface area contributed by atoms with Gasteiger partial charge in [0, 0.05) is 43.7 Å². The zero-order valence-corrected chi connectivity index (χ0v) is 17.6. The molecule has 0 unspecified atom stereocenters. The molecule has 1 fully saturated rings. The molecule has 1 aromatic carbocycles. The second-order valence-electron chi connectivity index (χ2n) is 7.24. The number of nitrogens with one attached hydrogen (secondary N) is 1. The van der Waals surface area contributed by atoms with Gasteiger partial charge in [-0.25, -0.2) is 4.98 Å². The van der Waals surface area contributed by atoms with Gasteiger partial charge in [-0.3, -0.25) is 15.3 Å². The normalized spacial score (nSPS) is 14.6. The summed E-state index contributed by atoms with van der Waals surface area (Å²) in [4.78, 5) is 15.5. The number of nitrogens with zero attached hydrogens (tertiary/aromatic N) is 5. The number of aryl methyl sites for hydroxylation is 1. The summed E-state index contributed by atoms with van der Waals surface area (Å²) in [5, 5.41) is 4.33. The first-order valence-corrected chi connectivity index (χ1v) is 10.3. The van der Waals surface area contributed by atoms with Crippen LogP contribution in [0.15, 0.2) is 60.0 Å². The molecule has 160 valence electrons. The number of morpholine rings is 1. The summed E-state index contributed by atoms with van der Waals surface area (Å²) in [6.07, 6.45) is 5.20. The van der Waals surface area contributed by atoms with Crippen LogP contribution in [0.1, 0.15) is 11.1 Å². The maximum absolute atomic E-state index is 5.95. The molecular formula is C23H26N6O2.